The van der Waals surface area contributed by atoms with Crippen molar-refractivity contribution in [1.29, 1.82) is 0 Å². The van der Waals surface area contributed by atoms with E-state index < -0.39 is 0 Å². The van der Waals surface area contributed by atoms with Crippen LogP contribution < -0.4 is 9.64 Å². The molecular formula is C22H27N3O3. The van der Waals surface area contributed by atoms with E-state index in [0.29, 0.717) is 19.8 Å². The summed E-state index contributed by atoms with van der Waals surface area (Å²) in [5.41, 5.74) is 3.65. The summed E-state index contributed by atoms with van der Waals surface area (Å²) in [5.74, 6) is 1.74. The number of hydrogen-bond donors (Lipinski definition) is 0. The van der Waals surface area contributed by atoms with Crippen LogP contribution in [0, 0.1) is 0 Å². The molecule has 6 heteroatoms. The number of nitrogens with zero attached hydrogens (tertiary/aromatic N) is 3. The summed E-state index contributed by atoms with van der Waals surface area (Å²) in [4.78, 5) is 22.2. The topological polar surface area (TPSA) is 54.9 Å². The number of fused-ring (bicyclic) bond motifs is 1. The van der Waals surface area contributed by atoms with Crippen molar-refractivity contribution in [3.05, 3.63) is 41.5 Å². The fourth-order valence-electron chi connectivity index (χ4n) is 3.93. The van der Waals surface area contributed by atoms with E-state index in [1.165, 1.54) is 0 Å². The van der Waals surface area contributed by atoms with Crippen LogP contribution >= 0.6 is 0 Å². The average Bonchev–Trinajstić information content (AvgIpc) is 3.05. The first-order valence-electron chi connectivity index (χ1n) is 9.83. The van der Waals surface area contributed by atoms with Gasteiger partial charge in [0.15, 0.2) is 0 Å². The molecule has 1 aromatic carbocycles. The summed E-state index contributed by atoms with van der Waals surface area (Å²) in [6, 6.07) is 10.2. The molecule has 28 heavy (non-hydrogen) atoms. The molecule has 3 heterocycles. The van der Waals surface area contributed by atoms with Crippen molar-refractivity contribution in [3.8, 4) is 17.0 Å². The Kier molecular flexibility index (Phi) is 4.98. The number of ether oxygens (including phenoxy) is 2. The summed E-state index contributed by atoms with van der Waals surface area (Å²) >= 11 is 0. The lowest BCUT2D eigenvalue weighted by Crippen LogP contribution is -2.44. The molecular weight excluding hydrogens is 354 g/mol. The number of aromatic nitrogens is 1. The maximum absolute atomic E-state index is 13.1. The molecule has 0 radical (unpaired) electrons. The van der Waals surface area contributed by atoms with Gasteiger partial charge in [0, 0.05) is 30.3 Å². The fraction of sp³-hybridized carbons (Fsp3) is 0.455. The second kappa shape index (κ2) is 7.43. The van der Waals surface area contributed by atoms with Crippen molar-refractivity contribution in [1.82, 2.24) is 9.88 Å². The first-order valence-corrected chi connectivity index (χ1v) is 9.83. The van der Waals surface area contributed by atoms with Crippen molar-refractivity contribution in [2.45, 2.75) is 39.4 Å². The minimum atomic E-state index is 0.0873. The number of morpholine rings is 1. The predicted octanol–water partition coefficient (Wildman–Crippen LogP) is 3.35. The summed E-state index contributed by atoms with van der Waals surface area (Å²) in [5, 5.41) is 0. The Morgan fingerprint density at radius 2 is 2.00 bits per heavy atom. The van der Waals surface area contributed by atoms with E-state index in [4.69, 9.17) is 14.5 Å². The van der Waals surface area contributed by atoms with Crippen LogP contribution in [0.4, 0.5) is 5.82 Å². The van der Waals surface area contributed by atoms with Gasteiger partial charge >= 0.3 is 0 Å². The van der Waals surface area contributed by atoms with Gasteiger partial charge in [-0.1, -0.05) is 0 Å². The number of anilines is 1. The van der Waals surface area contributed by atoms with Crippen LogP contribution in [-0.4, -0.2) is 54.7 Å². The second-order valence-corrected chi connectivity index (χ2v) is 7.73. The fourth-order valence-corrected chi connectivity index (χ4v) is 3.93. The highest BCUT2D eigenvalue weighted by Gasteiger charge is 2.34. The number of pyridine rings is 1. The molecule has 1 aromatic heterocycles. The Hall–Kier alpha value is -2.60. The molecule has 1 fully saturated rings. The van der Waals surface area contributed by atoms with E-state index in [1.54, 1.807) is 7.11 Å². The molecule has 1 amide bonds. The van der Waals surface area contributed by atoms with Crippen molar-refractivity contribution >= 4 is 11.7 Å². The Labute approximate surface area is 166 Å². The van der Waals surface area contributed by atoms with E-state index in [0.717, 1.165) is 40.5 Å². The third-order valence-corrected chi connectivity index (χ3v) is 5.58. The minimum Gasteiger partial charge on any atom is -0.497 e. The van der Waals surface area contributed by atoms with Gasteiger partial charge in [-0.15, -0.1) is 0 Å². The maximum atomic E-state index is 13.1. The highest BCUT2D eigenvalue weighted by atomic mass is 16.5. The zero-order valence-corrected chi connectivity index (χ0v) is 16.9. The predicted molar refractivity (Wildman–Crippen MR) is 109 cm³/mol. The van der Waals surface area contributed by atoms with Gasteiger partial charge in [-0.2, -0.15) is 0 Å². The quantitative estimate of drug-likeness (QED) is 0.813. The van der Waals surface area contributed by atoms with Gasteiger partial charge in [0.1, 0.15) is 11.6 Å². The molecule has 148 valence electrons. The van der Waals surface area contributed by atoms with Crippen LogP contribution in [0.3, 0.4) is 0 Å². The van der Waals surface area contributed by atoms with Gasteiger partial charge in [-0.25, -0.2) is 4.98 Å². The second-order valence-electron chi connectivity index (χ2n) is 7.73. The van der Waals surface area contributed by atoms with E-state index >= 15 is 0 Å². The lowest BCUT2D eigenvalue weighted by Gasteiger charge is -2.34. The van der Waals surface area contributed by atoms with E-state index in [1.807, 2.05) is 35.2 Å². The molecule has 0 spiro atoms. The van der Waals surface area contributed by atoms with Gasteiger partial charge in [0.05, 0.1) is 37.6 Å². The van der Waals surface area contributed by atoms with Crippen LogP contribution in [-0.2, 0) is 11.3 Å². The van der Waals surface area contributed by atoms with Crippen molar-refractivity contribution in [2.24, 2.45) is 0 Å². The molecule has 0 unspecified atom stereocenters. The molecule has 2 aliphatic rings. The SMILES string of the molecule is COc1ccc(-c2nc(N3CCOC[C@H]3C)cc3c2CN(C(C)C)C3=O)cc1. The average molecular weight is 381 g/mol. The molecule has 0 saturated carbocycles. The largest absolute Gasteiger partial charge is 0.497 e. The van der Waals surface area contributed by atoms with Crippen LogP contribution in [0.15, 0.2) is 30.3 Å². The number of rotatable bonds is 4. The molecule has 1 saturated heterocycles. The van der Waals surface area contributed by atoms with Gasteiger partial charge in [-0.05, 0) is 51.1 Å². The van der Waals surface area contributed by atoms with Crippen LogP contribution in [0.25, 0.3) is 11.3 Å². The van der Waals surface area contributed by atoms with Gasteiger partial charge < -0.3 is 19.3 Å². The molecule has 2 aliphatic heterocycles. The van der Waals surface area contributed by atoms with Crippen LogP contribution in [0.2, 0.25) is 0 Å². The Morgan fingerprint density at radius 1 is 1.25 bits per heavy atom. The highest BCUT2D eigenvalue weighted by Crippen LogP contribution is 2.36. The van der Waals surface area contributed by atoms with Crippen molar-refractivity contribution in [2.75, 3.05) is 31.8 Å². The Bertz CT molecular complexity index is 879. The van der Waals surface area contributed by atoms with Crippen molar-refractivity contribution in [3.63, 3.8) is 0 Å². The summed E-state index contributed by atoms with van der Waals surface area (Å²) in [7, 11) is 1.66. The summed E-state index contributed by atoms with van der Waals surface area (Å²) < 4.78 is 10.9. The smallest absolute Gasteiger partial charge is 0.254 e. The number of carbonyl (C=O) groups is 1. The van der Waals surface area contributed by atoms with E-state index in [-0.39, 0.29) is 18.0 Å². The van der Waals surface area contributed by atoms with Crippen molar-refractivity contribution < 1.29 is 14.3 Å². The van der Waals surface area contributed by atoms with Gasteiger partial charge in [0.2, 0.25) is 0 Å². The Morgan fingerprint density at radius 3 is 2.64 bits per heavy atom. The standard InChI is InChI=1S/C22H27N3O3/c1-14(2)25-12-19-18(22(25)26)11-20(24-9-10-28-13-15(24)3)23-21(19)16-5-7-17(27-4)8-6-16/h5-8,11,14-15H,9-10,12-13H2,1-4H3/t15-/m1/s1. The summed E-state index contributed by atoms with van der Waals surface area (Å²) in [6.07, 6.45) is 0. The number of amides is 1. The van der Waals surface area contributed by atoms with Crippen LogP contribution in [0.5, 0.6) is 5.75 Å². The molecule has 0 aliphatic carbocycles. The number of carbonyl (C=O) groups excluding carboxylic acids is 1. The van der Waals surface area contributed by atoms with E-state index in [9.17, 15) is 4.79 Å². The molecule has 1 atom stereocenters. The number of methoxy groups -OCH3 is 1. The minimum absolute atomic E-state index is 0.0873. The zero-order chi connectivity index (χ0) is 19.8. The molecule has 6 nitrogen and oxygen atoms in total. The third-order valence-electron chi connectivity index (χ3n) is 5.58. The summed E-state index contributed by atoms with van der Waals surface area (Å²) in [6.45, 7) is 8.94. The molecule has 0 N–H and O–H groups in total. The van der Waals surface area contributed by atoms with E-state index in [2.05, 4.69) is 25.7 Å². The number of benzene rings is 1. The molecule has 0 bridgehead atoms. The monoisotopic (exact) mass is 381 g/mol. The molecule has 4 rings (SSSR count). The number of hydrogen-bond acceptors (Lipinski definition) is 5. The normalized spacial score (nSPS) is 19.3. The zero-order valence-electron chi connectivity index (χ0n) is 16.9. The van der Waals surface area contributed by atoms with Gasteiger partial charge in [-0.3, -0.25) is 4.79 Å². The first-order chi connectivity index (χ1) is 13.5. The first kappa shape index (κ1) is 18.7. The van der Waals surface area contributed by atoms with Gasteiger partial charge in [0.25, 0.3) is 5.91 Å². The Balaban J connectivity index is 1.84. The lowest BCUT2D eigenvalue weighted by molar-refractivity contribution is 0.0730. The third kappa shape index (κ3) is 3.22. The highest BCUT2D eigenvalue weighted by molar-refractivity contribution is 6.01. The maximum Gasteiger partial charge on any atom is 0.254 e. The van der Waals surface area contributed by atoms with Crippen LogP contribution in [0.1, 0.15) is 36.7 Å². The lowest BCUT2D eigenvalue weighted by atomic mass is 10.0. The molecule has 2 aromatic rings.